The third-order valence-corrected chi connectivity index (χ3v) is 13.7. The Bertz CT molecular complexity index is 935. The molecule has 2 bridgehead atoms. The van der Waals surface area contributed by atoms with Crippen LogP contribution in [0.2, 0.25) is 0 Å². The molecule has 0 unspecified atom stereocenters. The highest BCUT2D eigenvalue weighted by atomic mass is 16.8. The van der Waals surface area contributed by atoms with E-state index in [4.69, 9.17) is 9.47 Å². The maximum absolute atomic E-state index is 12.9. The van der Waals surface area contributed by atoms with Crippen molar-refractivity contribution < 1.29 is 19.4 Å². The molecule has 2 aliphatic heterocycles. The van der Waals surface area contributed by atoms with Crippen LogP contribution in [0, 0.1) is 39.4 Å². The predicted molar refractivity (Wildman–Crippen MR) is 132 cm³/mol. The first kappa shape index (κ1) is 23.9. The van der Waals surface area contributed by atoms with E-state index in [9.17, 15) is 9.90 Å². The summed E-state index contributed by atoms with van der Waals surface area (Å²) in [5, 5.41) is 11.1. The molecule has 1 N–H and O–H groups in total. The molecule has 6 aliphatic rings. The highest BCUT2D eigenvalue weighted by Crippen LogP contribution is 2.79. The van der Waals surface area contributed by atoms with Gasteiger partial charge in [0.25, 0.3) is 0 Å². The molecule has 0 aromatic heterocycles. The monoisotopic (exact) mass is 472 g/mol. The van der Waals surface area contributed by atoms with Crippen molar-refractivity contribution in [2.24, 2.45) is 39.4 Å². The molecule has 6 fully saturated rings. The summed E-state index contributed by atoms with van der Waals surface area (Å²) in [5.41, 5.74) is -1.17. The molecule has 0 aromatic carbocycles. The van der Waals surface area contributed by atoms with E-state index in [2.05, 4.69) is 41.5 Å². The summed E-state index contributed by atoms with van der Waals surface area (Å²) in [6, 6.07) is 0. The second-order valence-electron chi connectivity index (χ2n) is 15.4. The predicted octanol–water partition coefficient (Wildman–Crippen LogP) is 6.43. The molecule has 0 amide bonds. The minimum atomic E-state index is -1.01. The second-order valence-corrected chi connectivity index (χ2v) is 15.4. The Kier molecular flexibility index (Phi) is 4.45. The molecular formula is C30H48O4. The van der Waals surface area contributed by atoms with E-state index in [0.717, 1.165) is 32.1 Å². The van der Waals surface area contributed by atoms with Crippen molar-refractivity contribution in [3.8, 4) is 0 Å². The Morgan fingerprint density at radius 2 is 1.41 bits per heavy atom. The van der Waals surface area contributed by atoms with Crippen molar-refractivity contribution in [1.29, 1.82) is 0 Å². The highest BCUT2D eigenvalue weighted by molar-refractivity contribution is 5.85. The average molecular weight is 473 g/mol. The van der Waals surface area contributed by atoms with Crippen molar-refractivity contribution in [2.75, 3.05) is 0 Å². The van der Waals surface area contributed by atoms with E-state index < -0.39 is 11.4 Å². The zero-order valence-electron chi connectivity index (χ0n) is 23.0. The zero-order chi connectivity index (χ0) is 24.8. The minimum Gasteiger partial charge on any atom is -0.385 e. The van der Waals surface area contributed by atoms with Crippen LogP contribution in [0.3, 0.4) is 0 Å². The molecule has 9 atom stereocenters. The number of Topliss-reactive ketones (excluding diaryl/α,β-unsaturated/α-hetero) is 1. The van der Waals surface area contributed by atoms with Crippen LogP contribution in [0.15, 0.2) is 0 Å². The van der Waals surface area contributed by atoms with Crippen molar-refractivity contribution in [2.45, 2.75) is 142 Å². The lowest BCUT2D eigenvalue weighted by atomic mass is 9.35. The third kappa shape index (κ3) is 2.37. The molecule has 34 heavy (non-hydrogen) atoms. The number of hydrogen-bond donors (Lipinski definition) is 1. The number of carbonyl (C=O) groups is 1. The van der Waals surface area contributed by atoms with E-state index in [-0.39, 0.29) is 32.9 Å². The molecule has 0 aromatic rings. The second kappa shape index (κ2) is 6.33. The van der Waals surface area contributed by atoms with Gasteiger partial charge in [-0.25, -0.2) is 0 Å². The van der Waals surface area contributed by atoms with Gasteiger partial charge in [-0.15, -0.1) is 0 Å². The standard InChI is InChI=1S/C30H48O4/c1-23(2)19-11-14-26(6)20(25(19,5)13-12-22(23)31)9-10-21-27(26,7)15-17-29(21)28(8)16-18-30(33-28,34-29)24(3,4)32/h19-21,32H,9-18H2,1-8H3/t19-,20+,21+,25-,26+,27+,28-,29+,30+/m0/s1. The Balaban J connectivity index is 1.40. The van der Waals surface area contributed by atoms with Gasteiger partial charge < -0.3 is 14.6 Å². The lowest BCUT2D eigenvalue weighted by Gasteiger charge is -2.69. The highest BCUT2D eigenvalue weighted by Gasteiger charge is 2.80. The zero-order valence-corrected chi connectivity index (χ0v) is 23.0. The number of aliphatic hydroxyl groups is 1. The fourth-order valence-corrected chi connectivity index (χ4v) is 11.5. The normalized spacial score (nSPS) is 58.0. The van der Waals surface area contributed by atoms with Gasteiger partial charge in [0.1, 0.15) is 17.0 Å². The van der Waals surface area contributed by atoms with Crippen LogP contribution in [-0.4, -0.2) is 33.5 Å². The largest absolute Gasteiger partial charge is 0.385 e. The Labute approximate surface area is 206 Å². The van der Waals surface area contributed by atoms with Crippen LogP contribution in [0.1, 0.15) is 120 Å². The molecule has 4 heteroatoms. The van der Waals surface area contributed by atoms with Crippen LogP contribution in [0.5, 0.6) is 0 Å². The van der Waals surface area contributed by atoms with Gasteiger partial charge in [0, 0.05) is 18.3 Å². The van der Waals surface area contributed by atoms with E-state index in [1.54, 1.807) is 0 Å². The summed E-state index contributed by atoms with van der Waals surface area (Å²) in [5.74, 6) is 1.21. The summed E-state index contributed by atoms with van der Waals surface area (Å²) in [6.45, 7) is 18.2. The van der Waals surface area contributed by atoms with Crippen molar-refractivity contribution in [1.82, 2.24) is 0 Å². The SMILES string of the molecule is CC1(C)C(=O)CC[C@]2(C)[C@H]3CC[C@@H]4[C@@](C)(CC[C@@]45O[C@@]4(C(C)(C)O)CC[C@]5(C)O4)[C@]3(C)CC[C@@H]12. The smallest absolute Gasteiger partial charge is 0.198 e. The van der Waals surface area contributed by atoms with Crippen LogP contribution >= 0.6 is 0 Å². The lowest BCUT2D eigenvalue weighted by Crippen LogP contribution is -2.66. The van der Waals surface area contributed by atoms with E-state index in [1.165, 1.54) is 32.1 Å². The molecule has 1 spiro atoms. The first-order chi connectivity index (χ1) is 15.5. The van der Waals surface area contributed by atoms with Gasteiger partial charge in [-0.3, -0.25) is 4.79 Å². The average Bonchev–Trinajstić information content (AvgIpc) is 3.32. The molecule has 4 saturated carbocycles. The van der Waals surface area contributed by atoms with Gasteiger partial charge in [0.2, 0.25) is 0 Å². The number of carbonyl (C=O) groups excluding carboxylic acids is 1. The molecule has 4 aliphatic carbocycles. The maximum Gasteiger partial charge on any atom is 0.198 e. The topological polar surface area (TPSA) is 55.8 Å². The molecule has 4 nitrogen and oxygen atoms in total. The van der Waals surface area contributed by atoms with Crippen LogP contribution in [0.25, 0.3) is 0 Å². The number of hydrogen-bond acceptors (Lipinski definition) is 4. The number of ketones is 1. The van der Waals surface area contributed by atoms with Gasteiger partial charge in [-0.05, 0) is 106 Å². The Hall–Kier alpha value is -0.450. The van der Waals surface area contributed by atoms with Crippen molar-refractivity contribution in [3.63, 3.8) is 0 Å². The minimum absolute atomic E-state index is 0.188. The fourth-order valence-electron chi connectivity index (χ4n) is 11.5. The van der Waals surface area contributed by atoms with Crippen molar-refractivity contribution >= 4 is 5.78 Å². The summed E-state index contributed by atoms with van der Waals surface area (Å²) in [4.78, 5) is 12.9. The quantitative estimate of drug-likeness (QED) is 0.478. The molecule has 2 heterocycles. The fraction of sp³-hybridized carbons (Fsp3) is 0.967. The van der Waals surface area contributed by atoms with Gasteiger partial charge in [0.05, 0.1) is 5.60 Å². The van der Waals surface area contributed by atoms with Crippen LogP contribution in [0.4, 0.5) is 0 Å². The first-order valence-electron chi connectivity index (χ1n) is 14.2. The Morgan fingerprint density at radius 3 is 2.06 bits per heavy atom. The Morgan fingerprint density at radius 1 is 0.765 bits per heavy atom. The van der Waals surface area contributed by atoms with E-state index >= 15 is 0 Å². The summed E-state index contributed by atoms with van der Waals surface area (Å²) in [6.07, 6.45) is 10.6. The summed E-state index contributed by atoms with van der Waals surface area (Å²) in [7, 11) is 0. The van der Waals surface area contributed by atoms with Gasteiger partial charge in [-0.2, -0.15) is 0 Å². The molecule has 6 rings (SSSR count). The lowest BCUT2D eigenvalue weighted by molar-refractivity contribution is -0.283. The van der Waals surface area contributed by atoms with Crippen LogP contribution < -0.4 is 0 Å². The van der Waals surface area contributed by atoms with Crippen molar-refractivity contribution in [3.05, 3.63) is 0 Å². The van der Waals surface area contributed by atoms with Crippen LogP contribution in [-0.2, 0) is 14.3 Å². The molecule has 192 valence electrons. The van der Waals surface area contributed by atoms with E-state index in [0.29, 0.717) is 23.5 Å². The summed E-state index contributed by atoms with van der Waals surface area (Å²) >= 11 is 0. The molecule has 0 radical (unpaired) electrons. The number of ether oxygens (including phenoxy) is 2. The van der Waals surface area contributed by atoms with Gasteiger partial charge in [0.15, 0.2) is 5.79 Å². The van der Waals surface area contributed by atoms with Gasteiger partial charge >= 0.3 is 0 Å². The number of rotatable bonds is 1. The van der Waals surface area contributed by atoms with Gasteiger partial charge in [-0.1, -0.05) is 34.6 Å². The third-order valence-electron chi connectivity index (χ3n) is 13.7. The molecular weight excluding hydrogens is 424 g/mol. The summed E-state index contributed by atoms with van der Waals surface area (Å²) < 4.78 is 13.8. The maximum atomic E-state index is 12.9. The number of fused-ring (bicyclic) bond motifs is 9. The van der Waals surface area contributed by atoms with E-state index in [1.807, 2.05) is 13.8 Å². The first-order valence-corrected chi connectivity index (χ1v) is 14.2. The molecule has 2 saturated heterocycles.